The Morgan fingerprint density at radius 3 is 2.75 bits per heavy atom. The molecular weight excluding hydrogens is 378 g/mol. The summed E-state index contributed by atoms with van der Waals surface area (Å²) in [5.41, 5.74) is 4.64. The Balaban J connectivity index is 0.00000280. The summed E-state index contributed by atoms with van der Waals surface area (Å²) in [5, 5.41) is 9.47. The SMILES string of the molecule is CCNCc1cccc(NC(=O)Cc2c(C)nc3c(c2C)c(=O)[nH]n3C)c1.Cl. The van der Waals surface area contributed by atoms with Crippen molar-refractivity contribution in [2.24, 2.45) is 7.05 Å². The number of amides is 1. The zero-order valence-electron chi connectivity index (χ0n) is 16.5. The maximum Gasteiger partial charge on any atom is 0.273 e. The molecule has 0 atom stereocenters. The van der Waals surface area contributed by atoms with Crippen molar-refractivity contribution >= 4 is 35.0 Å². The van der Waals surface area contributed by atoms with Crippen molar-refractivity contribution in [3.8, 4) is 0 Å². The summed E-state index contributed by atoms with van der Waals surface area (Å²) in [5.74, 6) is -0.129. The van der Waals surface area contributed by atoms with Gasteiger partial charge in [-0.1, -0.05) is 19.1 Å². The van der Waals surface area contributed by atoms with E-state index in [1.807, 2.05) is 38.1 Å². The van der Waals surface area contributed by atoms with Crippen molar-refractivity contribution in [2.75, 3.05) is 11.9 Å². The monoisotopic (exact) mass is 403 g/mol. The van der Waals surface area contributed by atoms with Crippen LogP contribution in [0.3, 0.4) is 0 Å². The van der Waals surface area contributed by atoms with Gasteiger partial charge in [-0.05, 0) is 49.2 Å². The molecule has 2 aromatic heterocycles. The zero-order chi connectivity index (χ0) is 19.6. The minimum atomic E-state index is -0.185. The van der Waals surface area contributed by atoms with Gasteiger partial charge in [0.05, 0.1) is 11.8 Å². The molecule has 0 radical (unpaired) electrons. The van der Waals surface area contributed by atoms with E-state index in [1.54, 1.807) is 11.7 Å². The predicted octanol–water partition coefficient (Wildman–Crippen LogP) is 2.59. The summed E-state index contributed by atoms with van der Waals surface area (Å²) in [6, 6.07) is 7.78. The van der Waals surface area contributed by atoms with E-state index < -0.39 is 0 Å². The van der Waals surface area contributed by atoms with Crippen molar-refractivity contribution in [1.29, 1.82) is 0 Å². The molecule has 1 amide bonds. The fourth-order valence-corrected chi connectivity index (χ4v) is 3.30. The normalized spacial score (nSPS) is 10.7. The van der Waals surface area contributed by atoms with Gasteiger partial charge in [0.2, 0.25) is 5.91 Å². The number of nitrogens with zero attached hydrogens (tertiary/aromatic N) is 2. The molecule has 28 heavy (non-hydrogen) atoms. The van der Waals surface area contributed by atoms with Gasteiger partial charge < -0.3 is 10.6 Å². The number of nitrogens with one attached hydrogen (secondary N) is 3. The lowest BCUT2D eigenvalue weighted by Crippen LogP contribution is -2.17. The van der Waals surface area contributed by atoms with Gasteiger partial charge in [-0.25, -0.2) is 4.98 Å². The van der Waals surface area contributed by atoms with Crippen molar-refractivity contribution in [1.82, 2.24) is 20.1 Å². The van der Waals surface area contributed by atoms with Crippen LogP contribution >= 0.6 is 12.4 Å². The first-order valence-corrected chi connectivity index (χ1v) is 9.05. The molecule has 0 saturated heterocycles. The summed E-state index contributed by atoms with van der Waals surface area (Å²) in [6.45, 7) is 7.44. The molecule has 7 nitrogen and oxygen atoms in total. The van der Waals surface area contributed by atoms with Crippen molar-refractivity contribution < 1.29 is 4.79 Å². The second-order valence-corrected chi connectivity index (χ2v) is 6.70. The summed E-state index contributed by atoms with van der Waals surface area (Å²) in [7, 11) is 1.75. The first kappa shape index (κ1) is 21.7. The number of aromatic amines is 1. The van der Waals surface area contributed by atoms with Gasteiger partial charge in [0.1, 0.15) is 0 Å². The fraction of sp³-hybridized carbons (Fsp3) is 0.350. The lowest BCUT2D eigenvalue weighted by Gasteiger charge is -2.12. The second kappa shape index (κ2) is 9.03. The van der Waals surface area contributed by atoms with Gasteiger partial charge in [0.15, 0.2) is 5.65 Å². The van der Waals surface area contributed by atoms with Crippen molar-refractivity contribution in [3.05, 3.63) is 57.0 Å². The van der Waals surface area contributed by atoms with E-state index in [2.05, 4.69) is 27.6 Å². The predicted molar refractivity (Wildman–Crippen MR) is 114 cm³/mol. The van der Waals surface area contributed by atoms with Crippen molar-refractivity contribution in [2.45, 2.75) is 33.7 Å². The molecule has 0 aliphatic heterocycles. The average Bonchev–Trinajstić information content (AvgIpc) is 2.90. The number of benzene rings is 1. The Kier molecular flexibility index (Phi) is 6.99. The molecule has 0 saturated carbocycles. The number of rotatable bonds is 6. The number of pyridine rings is 1. The highest BCUT2D eigenvalue weighted by Crippen LogP contribution is 2.21. The minimum Gasteiger partial charge on any atom is -0.326 e. The highest BCUT2D eigenvalue weighted by atomic mass is 35.5. The van der Waals surface area contributed by atoms with E-state index in [-0.39, 0.29) is 30.3 Å². The van der Waals surface area contributed by atoms with Gasteiger partial charge in [-0.15, -0.1) is 12.4 Å². The Bertz CT molecular complexity index is 1050. The van der Waals surface area contributed by atoms with E-state index in [1.165, 1.54) is 0 Å². The summed E-state index contributed by atoms with van der Waals surface area (Å²) < 4.78 is 1.61. The van der Waals surface area contributed by atoms with Crippen molar-refractivity contribution in [3.63, 3.8) is 0 Å². The quantitative estimate of drug-likeness (QED) is 0.590. The van der Waals surface area contributed by atoms with Crippen LogP contribution in [-0.4, -0.2) is 27.2 Å². The first-order valence-electron chi connectivity index (χ1n) is 9.05. The Morgan fingerprint density at radius 1 is 1.29 bits per heavy atom. The lowest BCUT2D eigenvalue weighted by molar-refractivity contribution is -0.115. The third-order valence-corrected chi connectivity index (χ3v) is 4.70. The highest BCUT2D eigenvalue weighted by Gasteiger charge is 2.17. The molecule has 0 unspecified atom stereocenters. The Morgan fingerprint density at radius 2 is 2.04 bits per heavy atom. The van der Waals surface area contributed by atoms with Crippen LogP contribution in [0.5, 0.6) is 0 Å². The van der Waals surface area contributed by atoms with Crippen LogP contribution in [0, 0.1) is 13.8 Å². The standard InChI is InChI=1S/C20H25N5O2.ClH/c1-5-21-11-14-7-6-8-15(9-14)23-17(26)10-16-12(2)18-19(22-13(16)3)25(4)24-20(18)27;/h6-9,21H,5,10-11H2,1-4H3,(H,23,26)(H,24,27);1H. The maximum absolute atomic E-state index is 12.6. The second-order valence-electron chi connectivity index (χ2n) is 6.70. The number of anilines is 1. The fourth-order valence-electron chi connectivity index (χ4n) is 3.30. The molecule has 1 aromatic carbocycles. The molecule has 3 rings (SSSR count). The smallest absolute Gasteiger partial charge is 0.273 e. The molecule has 2 heterocycles. The maximum atomic E-state index is 12.6. The van der Waals surface area contributed by atoms with Gasteiger partial charge >= 0.3 is 0 Å². The van der Waals surface area contributed by atoms with Gasteiger partial charge in [0, 0.05) is 25.0 Å². The van der Waals surface area contributed by atoms with E-state index in [0.717, 1.165) is 41.2 Å². The van der Waals surface area contributed by atoms with E-state index in [9.17, 15) is 9.59 Å². The number of carbonyl (C=O) groups is 1. The average molecular weight is 404 g/mol. The van der Waals surface area contributed by atoms with E-state index >= 15 is 0 Å². The molecule has 3 N–H and O–H groups in total. The minimum absolute atomic E-state index is 0. The number of fused-ring (bicyclic) bond motifs is 1. The number of hydrogen-bond acceptors (Lipinski definition) is 4. The summed E-state index contributed by atoms with van der Waals surface area (Å²) >= 11 is 0. The molecule has 3 aromatic rings. The van der Waals surface area contributed by atoms with Crippen LogP contribution in [-0.2, 0) is 24.8 Å². The van der Waals surface area contributed by atoms with Crippen LogP contribution < -0.4 is 16.2 Å². The third kappa shape index (κ3) is 4.43. The van der Waals surface area contributed by atoms with Crippen LogP contribution in [0.2, 0.25) is 0 Å². The molecule has 150 valence electrons. The van der Waals surface area contributed by atoms with Gasteiger partial charge in [-0.2, -0.15) is 0 Å². The van der Waals surface area contributed by atoms with Crippen LogP contribution in [0.15, 0.2) is 29.1 Å². The molecule has 0 aliphatic rings. The number of H-pyrrole nitrogens is 1. The summed E-state index contributed by atoms with van der Waals surface area (Å²) in [6.07, 6.45) is 0.173. The van der Waals surface area contributed by atoms with Gasteiger partial charge in [-0.3, -0.25) is 19.4 Å². The molecule has 0 aliphatic carbocycles. The molecule has 0 fully saturated rings. The molecular formula is C20H26ClN5O2. The van der Waals surface area contributed by atoms with Gasteiger partial charge in [0.25, 0.3) is 5.56 Å². The number of halogens is 1. The van der Waals surface area contributed by atoms with Crippen LogP contribution in [0.4, 0.5) is 5.69 Å². The number of hydrogen-bond donors (Lipinski definition) is 3. The largest absolute Gasteiger partial charge is 0.326 e. The topological polar surface area (TPSA) is 91.8 Å². The van der Waals surface area contributed by atoms with Crippen LogP contribution in [0.1, 0.15) is 29.3 Å². The Hall–Kier alpha value is -2.64. The van der Waals surface area contributed by atoms with Crippen LogP contribution in [0.25, 0.3) is 11.0 Å². The molecule has 8 heteroatoms. The number of aromatic nitrogens is 3. The van der Waals surface area contributed by atoms with E-state index in [0.29, 0.717) is 11.0 Å². The molecule has 0 bridgehead atoms. The van der Waals surface area contributed by atoms with E-state index in [4.69, 9.17) is 0 Å². The highest BCUT2D eigenvalue weighted by molar-refractivity contribution is 5.93. The number of carbonyl (C=O) groups excluding carboxylic acids is 1. The zero-order valence-corrected chi connectivity index (χ0v) is 17.4. The lowest BCUT2D eigenvalue weighted by atomic mass is 10.0. The summed E-state index contributed by atoms with van der Waals surface area (Å²) in [4.78, 5) is 29.3. The first-order chi connectivity index (χ1) is 12.9. The third-order valence-electron chi connectivity index (χ3n) is 4.70. The molecule has 0 spiro atoms. The number of aryl methyl sites for hydroxylation is 3. The Labute approximate surface area is 169 Å².